The highest BCUT2D eigenvalue weighted by Crippen LogP contribution is 2.34. The van der Waals surface area contributed by atoms with E-state index in [2.05, 4.69) is 31.9 Å². The molecule has 0 fully saturated rings. The third-order valence-electron chi connectivity index (χ3n) is 2.72. The van der Waals surface area contributed by atoms with Gasteiger partial charge >= 0.3 is 0 Å². The van der Waals surface area contributed by atoms with Crippen LogP contribution in [0.4, 0.5) is 0 Å². The lowest BCUT2D eigenvalue weighted by Gasteiger charge is -2.12. The molecule has 100 valence electrons. The highest BCUT2D eigenvalue weighted by atomic mass is 79.9. The first-order chi connectivity index (χ1) is 9.13. The van der Waals surface area contributed by atoms with Crippen molar-refractivity contribution in [3.63, 3.8) is 0 Å². The monoisotopic (exact) mass is 384 g/mol. The van der Waals surface area contributed by atoms with Gasteiger partial charge in [0, 0.05) is 9.80 Å². The summed E-state index contributed by atoms with van der Waals surface area (Å²) in [6.45, 7) is 2.02. The second kappa shape index (κ2) is 6.44. The van der Waals surface area contributed by atoms with Gasteiger partial charge in [0.05, 0.1) is 7.11 Å². The van der Waals surface area contributed by atoms with E-state index >= 15 is 0 Å². The lowest BCUT2D eigenvalue weighted by atomic mass is 10.2. The van der Waals surface area contributed by atoms with Gasteiger partial charge in [0.15, 0.2) is 11.5 Å². The molecule has 2 aromatic carbocycles. The van der Waals surface area contributed by atoms with Gasteiger partial charge in [-0.05, 0) is 42.3 Å². The van der Waals surface area contributed by atoms with Crippen molar-refractivity contribution < 1.29 is 9.47 Å². The van der Waals surface area contributed by atoms with Crippen LogP contribution in [0.25, 0.3) is 0 Å². The average Bonchev–Trinajstić information content (AvgIpc) is 2.41. The molecule has 2 nitrogen and oxygen atoms in total. The fourth-order valence-corrected chi connectivity index (χ4v) is 3.05. The van der Waals surface area contributed by atoms with Crippen LogP contribution in [-0.2, 0) is 5.33 Å². The van der Waals surface area contributed by atoms with Crippen molar-refractivity contribution in [1.82, 2.24) is 0 Å². The molecule has 0 aliphatic rings. The van der Waals surface area contributed by atoms with Crippen LogP contribution >= 0.6 is 31.9 Å². The lowest BCUT2D eigenvalue weighted by molar-refractivity contribution is 0.378. The van der Waals surface area contributed by atoms with Gasteiger partial charge in [0.25, 0.3) is 0 Å². The van der Waals surface area contributed by atoms with Crippen molar-refractivity contribution in [1.29, 1.82) is 0 Å². The molecule has 0 aliphatic heterocycles. The van der Waals surface area contributed by atoms with Crippen LogP contribution in [0.2, 0.25) is 0 Å². The van der Waals surface area contributed by atoms with Crippen LogP contribution < -0.4 is 9.47 Å². The molecule has 0 amide bonds. The molecule has 0 N–H and O–H groups in total. The molecule has 2 rings (SSSR count). The maximum atomic E-state index is 5.87. The number of halogens is 2. The van der Waals surface area contributed by atoms with E-state index in [0.29, 0.717) is 5.75 Å². The first-order valence-corrected chi connectivity index (χ1v) is 7.72. The van der Waals surface area contributed by atoms with Crippen molar-refractivity contribution in [3.05, 3.63) is 52.0 Å². The molecule has 19 heavy (non-hydrogen) atoms. The standard InChI is InChI=1S/C15H14Br2O2/c1-10-3-6-14(15(7-10)18-2)19-12-5-4-11(9-16)13(17)8-12/h3-8H,9H2,1-2H3. The van der Waals surface area contributed by atoms with Crippen LogP contribution in [0, 0.1) is 6.92 Å². The molecular formula is C15H14Br2O2. The molecule has 0 unspecified atom stereocenters. The Labute approximate surface area is 130 Å². The third-order valence-corrected chi connectivity index (χ3v) is 4.06. The molecule has 0 spiro atoms. The second-order valence-electron chi connectivity index (χ2n) is 4.14. The van der Waals surface area contributed by atoms with E-state index in [-0.39, 0.29) is 0 Å². The zero-order valence-electron chi connectivity index (χ0n) is 10.7. The van der Waals surface area contributed by atoms with Crippen LogP contribution in [0.3, 0.4) is 0 Å². The predicted octanol–water partition coefficient (Wildman–Crippen LogP) is 5.45. The summed E-state index contributed by atoms with van der Waals surface area (Å²) in [5, 5.41) is 0.807. The Bertz CT molecular complexity index is 582. The SMILES string of the molecule is COc1cc(C)ccc1Oc1ccc(CBr)c(Br)c1. The van der Waals surface area contributed by atoms with Gasteiger partial charge in [0.1, 0.15) is 5.75 Å². The van der Waals surface area contributed by atoms with Gasteiger partial charge in [-0.2, -0.15) is 0 Å². The van der Waals surface area contributed by atoms with E-state index in [0.717, 1.165) is 26.9 Å². The Kier molecular flexibility index (Phi) is 4.88. The predicted molar refractivity (Wildman–Crippen MR) is 84.6 cm³/mol. The summed E-state index contributed by atoms with van der Waals surface area (Å²) in [7, 11) is 1.64. The van der Waals surface area contributed by atoms with E-state index in [1.54, 1.807) is 7.11 Å². The maximum absolute atomic E-state index is 5.87. The molecule has 0 bridgehead atoms. The number of rotatable bonds is 4. The molecule has 0 radical (unpaired) electrons. The van der Waals surface area contributed by atoms with E-state index in [1.807, 2.05) is 43.3 Å². The van der Waals surface area contributed by atoms with Crippen molar-refractivity contribution in [2.24, 2.45) is 0 Å². The van der Waals surface area contributed by atoms with E-state index in [4.69, 9.17) is 9.47 Å². The quantitative estimate of drug-likeness (QED) is 0.651. The number of hydrogen-bond acceptors (Lipinski definition) is 2. The minimum atomic E-state index is 0.714. The number of ether oxygens (including phenoxy) is 2. The first-order valence-electron chi connectivity index (χ1n) is 5.81. The van der Waals surface area contributed by atoms with Gasteiger partial charge in [-0.1, -0.05) is 44.0 Å². The van der Waals surface area contributed by atoms with Gasteiger partial charge < -0.3 is 9.47 Å². The number of hydrogen-bond donors (Lipinski definition) is 0. The average molecular weight is 386 g/mol. The molecule has 2 aromatic rings. The summed E-state index contributed by atoms with van der Waals surface area (Å²) in [5.74, 6) is 2.23. The van der Waals surface area contributed by atoms with Gasteiger partial charge in [0.2, 0.25) is 0 Å². The van der Waals surface area contributed by atoms with Gasteiger partial charge in [-0.15, -0.1) is 0 Å². The van der Waals surface area contributed by atoms with Crippen LogP contribution in [0.5, 0.6) is 17.2 Å². The van der Waals surface area contributed by atoms with Gasteiger partial charge in [-0.3, -0.25) is 0 Å². The van der Waals surface area contributed by atoms with Crippen molar-refractivity contribution in [3.8, 4) is 17.2 Å². The van der Waals surface area contributed by atoms with E-state index in [1.165, 1.54) is 5.56 Å². The smallest absolute Gasteiger partial charge is 0.169 e. The second-order valence-corrected chi connectivity index (χ2v) is 5.56. The fraction of sp³-hybridized carbons (Fsp3) is 0.200. The van der Waals surface area contributed by atoms with Crippen molar-refractivity contribution >= 4 is 31.9 Å². The first kappa shape index (κ1) is 14.4. The Morgan fingerprint density at radius 2 is 1.84 bits per heavy atom. The topological polar surface area (TPSA) is 18.5 Å². The highest BCUT2D eigenvalue weighted by Gasteiger charge is 2.07. The molecule has 0 aliphatic carbocycles. The number of alkyl halides is 1. The van der Waals surface area contributed by atoms with E-state index in [9.17, 15) is 0 Å². The summed E-state index contributed by atoms with van der Waals surface area (Å²) >= 11 is 6.97. The van der Waals surface area contributed by atoms with Gasteiger partial charge in [-0.25, -0.2) is 0 Å². The minimum Gasteiger partial charge on any atom is -0.493 e. The normalized spacial score (nSPS) is 10.3. The minimum absolute atomic E-state index is 0.714. The lowest BCUT2D eigenvalue weighted by Crippen LogP contribution is -1.91. The maximum Gasteiger partial charge on any atom is 0.169 e. The number of benzene rings is 2. The zero-order chi connectivity index (χ0) is 13.8. The third kappa shape index (κ3) is 3.51. The zero-order valence-corrected chi connectivity index (χ0v) is 13.9. The van der Waals surface area contributed by atoms with Crippen LogP contribution in [0.15, 0.2) is 40.9 Å². The molecule has 0 heterocycles. The van der Waals surface area contributed by atoms with Crippen LogP contribution in [0.1, 0.15) is 11.1 Å². The summed E-state index contributed by atoms with van der Waals surface area (Å²) in [6, 6.07) is 11.8. The van der Waals surface area contributed by atoms with Crippen molar-refractivity contribution in [2.75, 3.05) is 7.11 Å². The molecular weight excluding hydrogens is 372 g/mol. The summed E-state index contributed by atoms with van der Waals surface area (Å²) < 4.78 is 12.2. The largest absolute Gasteiger partial charge is 0.493 e. The Morgan fingerprint density at radius 3 is 2.47 bits per heavy atom. The highest BCUT2D eigenvalue weighted by molar-refractivity contribution is 9.10. The van der Waals surface area contributed by atoms with Crippen molar-refractivity contribution in [2.45, 2.75) is 12.3 Å². The van der Waals surface area contributed by atoms with E-state index < -0.39 is 0 Å². The number of aryl methyl sites for hydroxylation is 1. The molecule has 0 saturated heterocycles. The molecule has 0 saturated carbocycles. The summed E-state index contributed by atoms with van der Waals surface area (Å²) in [5.41, 5.74) is 2.32. The molecule has 0 atom stereocenters. The molecule has 4 heteroatoms. The number of methoxy groups -OCH3 is 1. The summed E-state index contributed by atoms with van der Waals surface area (Å²) in [6.07, 6.45) is 0. The fourth-order valence-electron chi connectivity index (χ4n) is 1.69. The summed E-state index contributed by atoms with van der Waals surface area (Å²) in [4.78, 5) is 0. The Hall–Kier alpha value is -1.000. The van der Waals surface area contributed by atoms with Crippen LogP contribution in [-0.4, -0.2) is 7.11 Å². The Morgan fingerprint density at radius 1 is 1.05 bits per heavy atom. The Balaban J connectivity index is 2.28. The molecule has 0 aromatic heterocycles.